The Morgan fingerprint density at radius 2 is 0.921 bits per heavy atom. The fourth-order valence-electron chi connectivity index (χ4n) is 2.88. The molecular formula is C19H16F17NO. The molecule has 0 aliphatic carbocycles. The highest BCUT2D eigenvalue weighted by molar-refractivity contribution is 5.46. The fourth-order valence-corrected chi connectivity index (χ4v) is 2.88. The number of anilines is 1. The van der Waals surface area contributed by atoms with E-state index < -0.39 is 65.7 Å². The molecular weight excluding hydrogens is 581 g/mol. The molecule has 0 heterocycles. The fraction of sp³-hybridized carbons (Fsp3) is 0.684. The third kappa shape index (κ3) is 4.94. The van der Waals surface area contributed by atoms with Crippen LogP contribution in [-0.4, -0.2) is 68.8 Å². The molecule has 0 radical (unpaired) electrons. The van der Waals surface area contributed by atoms with Gasteiger partial charge in [-0.25, -0.2) is 0 Å². The van der Waals surface area contributed by atoms with E-state index in [-0.39, 0.29) is 0 Å². The third-order valence-electron chi connectivity index (χ3n) is 5.29. The molecule has 0 bridgehead atoms. The van der Waals surface area contributed by atoms with Crippen molar-refractivity contribution in [2.24, 2.45) is 0 Å². The van der Waals surface area contributed by atoms with E-state index in [9.17, 15) is 74.6 Å². The largest absolute Gasteiger partial charge is 0.460 e. The number of alkyl halides is 17. The van der Waals surface area contributed by atoms with Gasteiger partial charge < -0.3 is 9.64 Å². The van der Waals surface area contributed by atoms with E-state index in [4.69, 9.17) is 0 Å². The number of hydrogen-bond acceptors (Lipinski definition) is 2. The summed E-state index contributed by atoms with van der Waals surface area (Å²) in [5.41, 5.74) is -0.115. The summed E-state index contributed by atoms with van der Waals surface area (Å²) in [5, 5.41) is 0. The molecule has 1 atom stereocenters. The standard InChI is InChI=1S/C19H16F17NO/c1-37(2)10-6-4-9(5-7-10)11(38-3)8-12(20,21)13(22,23)14(24,25)15(26,27)16(28,29)17(30,31)18(32,33)19(34,35)36/h4-7,11H,8H2,1-3H3. The van der Waals surface area contributed by atoms with E-state index in [2.05, 4.69) is 4.74 Å². The van der Waals surface area contributed by atoms with Gasteiger partial charge in [0, 0.05) is 33.3 Å². The molecule has 222 valence electrons. The SMILES string of the molecule is COC(CC(F)(F)C(F)(F)C(F)(F)C(F)(F)C(F)(F)C(F)(F)C(F)(F)C(F)(F)F)c1ccc(N(C)C)cc1. The van der Waals surface area contributed by atoms with Crippen LogP contribution in [0.25, 0.3) is 0 Å². The van der Waals surface area contributed by atoms with Gasteiger partial charge in [0.15, 0.2) is 0 Å². The van der Waals surface area contributed by atoms with Crippen molar-refractivity contribution in [2.45, 2.75) is 60.2 Å². The average molecular weight is 597 g/mol. The monoisotopic (exact) mass is 597 g/mol. The molecule has 0 aliphatic heterocycles. The molecule has 0 saturated carbocycles. The molecule has 0 amide bonds. The van der Waals surface area contributed by atoms with Crippen molar-refractivity contribution in [3.63, 3.8) is 0 Å². The molecule has 38 heavy (non-hydrogen) atoms. The van der Waals surface area contributed by atoms with Gasteiger partial charge in [0.05, 0.1) is 6.10 Å². The van der Waals surface area contributed by atoms with Crippen molar-refractivity contribution in [2.75, 3.05) is 26.1 Å². The number of halogens is 17. The highest BCUT2D eigenvalue weighted by Gasteiger charge is 2.95. The van der Waals surface area contributed by atoms with E-state index in [1.165, 1.54) is 19.0 Å². The summed E-state index contributed by atoms with van der Waals surface area (Å²) in [7, 11) is 3.52. The second kappa shape index (κ2) is 9.76. The van der Waals surface area contributed by atoms with Gasteiger partial charge in [0.1, 0.15) is 0 Å². The van der Waals surface area contributed by atoms with Gasteiger partial charge in [-0.05, 0) is 17.7 Å². The van der Waals surface area contributed by atoms with Gasteiger partial charge in [-0.1, -0.05) is 12.1 Å². The van der Waals surface area contributed by atoms with Gasteiger partial charge in [0.2, 0.25) is 0 Å². The highest BCUT2D eigenvalue weighted by atomic mass is 19.4. The van der Waals surface area contributed by atoms with Crippen molar-refractivity contribution >= 4 is 5.69 Å². The number of methoxy groups -OCH3 is 1. The topological polar surface area (TPSA) is 12.5 Å². The van der Waals surface area contributed by atoms with Crippen molar-refractivity contribution in [3.05, 3.63) is 29.8 Å². The van der Waals surface area contributed by atoms with E-state index in [1.807, 2.05) is 0 Å². The maximum atomic E-state index is 14.3. The molecule has 19 heteroatoms. The van der Waals surface area contributed by atoms with Crippen LogP contribution in [0, 0.1) is 0 Å². The lowest BCUT2D eigenvalue weighted by molar-refractivity contribution is -0.462. The highest BCUT2D eigenvalue weighted by Crippen LogP contribution is 2.64. The number of nitrogens with zero attached hydrogens (tertiary/aromatic N) is 1. The molecule has 0 spiro atoms. The summed E-state index contributed by atoms with van der Waals surface area (Å²) < 4.78 is 232. The molecule has 0 N–H and O–H groups in total. The minimum Gasteiger partial charge on any atom is -0.378 e. The quantitative estimate of drug-likeness (QED) is 0.241. The van der Waals surface area contributed by atoms with Crippen LogP contribution in [-0.2, 0) is 4.74 Å². The number of ether oxygens (including phenoxy) is 1. The predicted octanol–water partition coefficient (Wildman–Crippen LogP) is 7.84. The molecule has 0 fully saturated rings. The van der Waals surface area contributed by atoms with Gasteiger partial charge in [-0.15, -0.1) is 0 Å². The van der Waals surface area contributed by atoms with Crippen LogP contribution < -0.4 is 4.90 Å². The van der Waals surface area contributed by atoms with Crippen LogP contribution in [0.15, 0.2) is 24.3 Å². The zero-order valence-electron chi connectivity index (χ0n) is 18.9. The Balaban J connectivity index is 3.54. The molecule has 0 aromatic heterocycles. The summed E-state index contributed by atoms with van der Waals surface area (Å²) in [6.45, 7) is 0. The predicted molar refractivity (Wildman–Crippen MR) is 95.8 cm³/mol. The van der Waals surface area contributed by atoms with E-state index in [0.29, 0.717) is 12.8 Å². The Labute approximate surface area is 202 Å². The lowest BCUT2D eigenvalue weighted by atomic mass is 9.87. The Kier molecular flexibility index (Phi) is 8.69. The minimum atomic E-state index is -8.65. The zero-order valence-corrected chi connectivity index (χ0v) is 18.9. The summed E-state index contributed by atoms with van der Waals surface area (Å²) in [6.07, 6.45) is -12.8. The molecule has 1 unspecified atom stereocenters. The molecule has 0 saturated heterocycles. The first-order valence-electron chi connectivity index (χ1n) is 9.60. The first-order chi connectivity index (χ1) is 16.6. The van der Waals surface area contributed by atoms with Crippen molar-refractivity contribution < 1.29 is 79.4 Å². The van der Waals surface area contributed by atoms with Crippen LogP contribution >= 0.6 is 0 Å². The van der Waals surface area contributed by atoms with Crippen LogP contribution in [0.2, 0.25) is 0 Å². The zero-order chi connectivity index (χ0) is 30.6. The number of rotatable bonds is 11. The first-order valence-corrected chi connectivity index (χ1v) is 9.60. The van der Waals surface area contributed by atoms with Crippen LogP contribution in [0.4, 0.5) is 80.3 Å². The summed E-state index contributed by atoms with van der Waals surface area (Å²) in [6, 6.07) is 4.14. The molecule has 1 aromatic rings. The van der Waals surface area contributed by atoms with Crippen molar-refractivity contribution in [3.8, 4) is 0 Å². The smallest absolute Gasteiger partial charge is 0.378 e. The minimum absolute atomic E-state index is 0.366. The van der Waals surface area contributed by atoms with Crippen LogP contribution in [0.5, 0.6) is 0 Å². The van der Waals surface area contributed by atoms with Crippen LogP contribution in [0.3, 0.4) is 0 Å². The Bertz CT molecular complexity index is 953. The number of hydrogen-bond donors (Lipinski definition) is 0. The summed E-state index contributed by atoms with van der Waals surface area (Å²) in [5.74, 6) is -56.5. The second-order valence-electron chi connectivity index (χ2n) is 8.06. The second-order valence-corrected chi connectivity index (χ2v) is 8.06. The Hall–Kier alpha value is -2.21. The van der Waals surface area contributed by atoms with E-state index in [1.54, 1.807) is 0 Å². The van der Waals surface area contributed by atoms with Gasteiger partial charge >= 0.3 is 47.6 Å². The maximum absolute atomic E-state index is 14.3. The summed E-state index contributed by atoms with van der Waals surface area (Å²) in [4.78, 5) is 1.44. The van der Waals surface area contributed by atoms with E-state index >= 15 is 0 Å². The normalized spacial score (nSPS) is 16.0. The third-order valence-corrected chi connectivity index (χ3v) is 5.29. The lowest BCUT2D eigenvalue weighted by Crippen LogP contribution is -2.74. The molecule has 1 aromatic carbocycles. The van der Waals surface area contributed by atoms with E-state index in [0.717, 1.165) is 24.3 Å². The number of benzene rings is 1. The molecule has 0 aliphatic rings. The first kappa shape index (κ1) is 33.8. The lowest BCUT2D eigenvalue weighted by Gasteiger charge is -2.43. The van der Waals surface area contributed by atoms with Gasteiger partial charge in [-0.3, -0.25) is 0 Å². The Morgan fingerprint density at radius 3 is 1.24 bits per heavy atom. The van der Waals surface area contributed by atoms with Crippen LogP contribution in [0.1, 0.15) is 18.1 Å². The molecule has 2 nitrogen and oxygen atoms in total. The Morgan fingerprint density at radius 1 is 0.579 bits per heavy atom. The van der Waals surface area contributed by atoms with Gasteiger partial charge in [-0.2, -0.15) is 74.6 Å². The molecule has 1 rings (SSSR count). The summed E-state index contributed by atoms with van der Waals surface area (Å²) >= 11 is 0. The van der Waals surface area contributed by atoms with Gasteiger partial charge in [0.25, 0.3) is 0 Å². The van der Waals surface area contributed by atoms with Crippen molar-refractivity contribution in [1.82, 2.24) is 0 Å². The maximum Gasteiger partial charge on any atom is 0.460 e. The average Bonchev–Trinajstić information content (AvgIpc) is 2.75. The van der Waals surface area contributed by atoms with Crippen molar-refractivity contribution in [1.29, 1.82) is 0 Å².